The van der Waals surface area contributed by atoms with Gasteiger partial charge in [-0.05, 0) is 62.1 Å². The molecule has 2 N–H and O–H groups in total. The molecule has 2 aliphatic rings. The average Bonchev–Trinajstić information content (AvgIpc) is 3.05. The summed E-state index contributed by atoms with van der Waals surface area (Å²) >= 11 is 6.26. The van der Waals surface area contributed by atoms with Crippen LogP contribution in [0.25, 0.3) is 0 Å². The van der Waals surface area contributed by atoms with E-state index in [4.69, 9.17) is 11.6 Å². The van der Waals surface area contributed by atoms with Gasteiger partial charge in [0.1, 0.15) is 5.75 Å². The molecule has 0 radical (unpaired) electrons. The summed E-state index contributed by atoms with van der Waals surface area (Å²) in [4.78, 5) is 0. The van der Waals surface area contributed by atoms with E-state index in [-0.39, 0.29) is 5.75 Å². The molecule has 0 bridgehead atoms. The topological polar surface area (TPSA) is 40.5 Å². The average molecular weight is 253 g/mol. The molecule has 0 saturated heterocycles. The van der Waals surface area contributed by atoms with E-state index in [1.165, 1.54) is 12.0 Å². The number of aliphatic hydroxyl groups is 1. The van der Waals surface area contributed by atoms with Gasteiger partial charge in [-0.15, -0.1) is 0 Å². The molecule has 0 heterocycles. The van der Waals surface area contributed by atoms with E-state index in [9.17, 15) is 10.2 Å². The summed E-state index contributed by atoms with van der Waals surface area (Å²) in [6.45, 7) is 2.01. The molecular formula is C14H17ClO2. The van der Waals surface area contributed by atoms with Crippen molar-refractivity contribution in [3.05, 3.63) is 27.3 Å². The molecule has 0 atom stereocenters. The highest BCUT2D eigenvalue weighted by Crippen LogP contribution is 2.53. The highest BCUT2D eigenvalue weighted by molar-refractivity contribution is 6.33. The van der Waals surface area contributed by atoms with Crippen molar-refractivity contribution in [1.82, 2.24) is 0 Å². The molecule has 2 nitrogen and oxygen atoms in total. The smallest absolute Gasteiger partial charge is 0.140 e. The molecule has 17 heavy (non-hydrogen) atoms. The predicted octanol–water partition coefficient (Wildman–Crippen LogP) is 3.21. The molecule has 2 aliphatic carbocycles. The van der Waals surface area contributed by atoms with E-state index in [2.05, 4.69) is 0 Å². The number of halogens is 1. The minimum atomic E-state index is -0.815. The van der Waals surface area contributed by atoms with Gasteiger partial charge >= 0.3 is 0 Å². The predicted molar refractivity (Wildman–Crippen MR) is 67.6 cm³/mol. The van der Waals surface area contributed by atoms with Crippen molar-refractivity contribution in [2.24, 2.45) is 0 Å². The number of hydrogen-bond acceptors (Lipinski definition) is 2. The van der Waals surface area contributed by atoms with Crippen LogP contribution in [0.2, 0.25) is 5.02 Å². The Morgan fingerprint density at radius 2 is 1.71 bits per heavy atom. The van der Waals surface area contributed by atoms with E-state index in [0.717, 1.165) is 43.2 Å². The maximum absolute atomic E-state index is 10.3. The molecular weight excluding hydrogens is 236 g/mol. The Balaban J connectivity index is 2.26. The number of phenols is 1. The second kappa shape index (κ2) is 3.63. The van der Waals surface area contributed by atoms with E-state index >= 15 is 0 Å². The van der Waals surface area contributed by atoms with Crippen molar-refractivity contribution >= 4 is 11.6 Å². The first kappa shape index (κ1) is 11.4. The van der Waals surface area contributed by atoms with Gasteiger partial charge in [0.15, 0.2) is 0 Å². The molecule has 1 saturated carbocycles. The quantitative estimate of drug-likeness (QED) is 0.806. The van der Waals surface area contributed by atoms with Gasteiger partial charge in [-0.3, -0.25) is 0 Å². The Morgan fingerprint density at radius 3 is 2.29 bits per heavy atom. The van der Waals surface area contributed by atoms with Crippen molar-refractivity contribution < 1.29 is 10.2 Å². The maximum atomic E-state index is 10.3. The monoisotopic (exact) mass is 252 g/mol. The number of benzene rings is 1. The van der Waals surface area contributed by atoms with Crippen molar-refractivity contribution in [3.8, 4) is 5.75 Å². The largest absolute Gasteiger partial charge is 0.506 e. The highest BCUT2D eigenvalue weighted by atomic mass is 35.5. The minimum absolute atomic E-state index is 0.116. The SMILES string of the molecule is Cc1c2c(c(Cl)c(O)c1C1(O)CC1)CCCC2. The molecule has 1 fully saturated rings. The lowest BCUT2D eigenvalue weighted by Gasteiger charge is -2.25. The summed E-state index contributed by atoms with van der Waals surface area (Å²) in [7, 11) is 0. The Labute approximate surface area is 106 Å². The Bertz CT molecular complexity index is 490. The fraction of sp³-hybridized carbons (Fsp3) is 0.571. The third-order valence-corrected chi connectivity index (χ3v) is 4.60. The lowest BCUT2D eigenvalue weighted by Crippen LogP contribution is -2.14. The number of aromatic hydroxyl groups is 1. The van der Waals surface area contributed by atoms with Gasteiger partial charge in [0.05, 0.1) is 10.6 Å². The first-order chi connectivity index (χ1) is 8.04. The molecule has 1 aromatic rings. The van der Waals surface area contributed by atoms with Gasteiger partial charge in [0.25, 0.3) is 0 Å². The maximum Gasteiger partial charge on any atom is 0.140 e. The van der Waals surface area contributed by atoms with E-state index in [1.54, 1.807) is 0 Å². The van der Waals surface area contributed by atoms with E-state index in [1.807, 2.05) is 6.92 Å². The first-order valence-corrected chi connectivity index (χ1v) is 6.68. The third kappa shape index (κ3) is 1.58. The lowest BCUT2D eigenvalue weighted by atomic mass is 9.84. The molecule has 0 spiro atoms. The summed E-state index contributed by atoms with van der Waals surface area (Å²) in [6.07, 6.45) is 5.74. The zero-order chi connectivity index (χ0) is 12.2. The van der Waals surface area contributed by atoms with E-state index in [0.29, 0.717) is 10.6 Å². The summed E-state index contributed by atoms with van der Waals surface area (Å²) in [5, 5.41) is 21.0. The lowest BCUT2D eigenvalue weighted by molar-refractivity contribution is 0.147. The van der Waals surface area contributed by atoms with Gasteiger partial charge < -0.3 is 10.2 Å². The summed E-state index contributed by atoms with van der Waals surface area (Å²) in [5.74, 6) is 0.116. The van der Waals surface area contributed by atoms with Gasteiger partial charge in [0.2, 0.25) is 0 Å². The molecule has 0 aromatic heterocycles. The fourth-order valence-electron chi connectivity index (χ4n) is 3.08. The molecule has 3 heteroatoms. The van der Waals surface area contributed by atoms with Crippen LogP contribution in [0, 0.1) is 6.92 Å². The first-order valence-electron chi connectivity index (χ1n) is 6.30. The standard InChI is InChI=1S/C14H17ClO2/c1-8-9-4-2-3-5-10(9)12(15)13(16)11(8)14(17)6-7-14/h16-17H,2-7H2,1H3. The zero-order valence-electron chi connectivity index (χ0n) is 10.0. The van der Waals surface area contributed by atoms with Crippen LogP contribution in [-0.2, 0) is 18.4 Å². The number of rotatable bonds is 1. The summed E-state index contributed by atoms with van der Waals surface area (Å²) in [6, 6.07) is 0. The van der Waals surface area contributed by atoms with Crippen molar-refractivity contribution in [2.75, 3.05) is 0 Å². The number of hydrogen-bond donors (Lipinski definition) is 2. The van der Waals surface area contributed by atoms with Crippen molar-refractivity contribution in [2.45, 2.75) is 51.0 Å². The molecule has 0 amide bonds. The summed E-state index contributed by atoms with van der Waals surface area (Å²) < 4.78 is 0. The molecule has 0 aliphatic heterocycles. The Hall–Kier alpha value is -0.730. The van der Waals surface area contributed by atoms with Gasteiger partial charge in [-0.25, -0.2) is 0 Å². The normalized spacial score (nSPS) is 21.1. The van der Waals surface area contributed by atoms with E-state index < -0.39 is 5.60 Å². The van der Waals surface area contributed by atoms with Crippen molar-refractivity contribution in [1.29, 1.82) is 0 Å². The van der Waals surface area contributed by atoms with Crippen LogP contribution in [0.1, 0.15) is 47.9 Å². The highest BCUT2D eigenvalue weighted by Gasteiger charge is 2.46. The van der Waals surface area contributed by atoms with Crippen LogP contribution in [0.4, 0.5) is 0 Å². The Kier molecular flexibility index (Phi) is 2.43. The van der Waals surface area contributed by atoms with Crippen LogP contribution in [0.3, 0.4) is 0 Å². The second-order valence-electron chi connectivity index (χ2n) is 5.36. The van der Waals surface area contributed by atoms with Gasteiger partial charge in [-0.2, -0.15) is 0 Å². The van der Waals surface area contributed by atoms with Crippen LogP contribution in [-0.4, -0.2) is 10.2 Å². The van der Waals surface area contributed by atoms with Gasteiger partial charge in [0, 0.05) is 5.56 Å². The molecule has 3 rings (SSSR count). The molecule has 92 valence electrons. The minimum Gasteiger partial charge on any atom is -0.506 e. The molecule has 0 unspecified atom stereocenters. The van der Waals surface area contributed by atoms with Gasteiger partial charge in [-0.1, -0.05) is 11.6 Å². The second-order valence-corrected chi connectivity index (χ2v) is 5.74. The summed E-state index contributed by atoms with van der Waals surface area (Å²) in [5.41, 5.74) is 3.28. The van der Waals surface area contributed by atoms with Crippen LogP contribution in [0.5, 0.6) is 5.75 Å². The fourth-order valence-corrected chi connectivity index (χ4v) is 3.38. The third-order valence-electron chi connectivity index (χ3n) is 4.19. The zero-order valence-corrected chi connectivity index (χ0v) is 10.8. The number of phenolic OH excluding ortho intramolecular Hbond substituents is 1. The van der Waals surface area contributed by atoms with Crippen LogP contribution in [0.15, 0.2) is 0 Å². The Morgan fingerprint density at radius 1 is 1.12 bits per heavy atom. The number of fused-ring (bicyclic) bond motifs is 1. The van der Waals surface area contributed by atoms with Crippen LogP contribution >= 0.6 is 11.6 Å². The van der Waals surface area contributed by atoms with Crippen molar-refractivity contribution in [3.63, 3.8) is 0 Å². The molecule has 1 aromatic carbocycles. The van der Waals surface area contributed by atoms with Crippen LogP contribution < -0.4 is 0 Å².